The number of rotatable bonds is 2. The molecule has 1 unspecified atom stereocenters. The first-order valence-electron chi connectivity index (χ1n) is 6.98. The SMILES string of the molecule is Nc1nccc(C2=C/C(=C(/O)c3ccc(Br)cc3)C(N)C=C2)n1. The van der Waals surface area contributed by atoms with Crippen LogP contribution in [0.4, 0.5) is 5.95 Å². The first kappa shape index (κ1) is 15.5. The molecular weight excluding hydrogens is 356 g/mol. The topological polar surface area (TPSA) is 98.0 Å². The van der Waals surface area contributed by atoms with Gasteiger partial charge < -0.3 is 16.6 Å². The second-order valence-corrected chi connectivity index (χ2v) is 6.01. The Morgan fingerprint density at radius 3 is 2.61 bits per heavy atom. The molecular formula is C17H15BrN4O. The number of aliphatic hydroxyl groups excluding tert-OH is 1. The van der Waals surface area contributed by atoms with Crippen LogP contribution in [0.3, 0.4) is 0 Å². The van der Waals surface area contributed by atoms with Crippen LogP contribution in [0.2, 0.25) is 0 Å². The van der Waals surface area contributed by atoms with E-state index in [2.05, 4.69) is 25.9 Å². The van der Waals surface area contributed by atoms with E-state index in [0.717, 1.165) is 10.0 Å². The standard InChI is InChI=1S/C17H15BrN4O/c18-12-4-1-10(2-5-12)16(23)13-9-11(3-6-14(13)19)15-7-8-21-17(20)22-15/h1-9,14,23H,19H2,(H2,20,21,22)/b16-13-. The summed E-state index contributed by atoms with van der Waals surface area (Å²) in [5.74, 6) is 0.350. The molecule has 1 aromatic heterocycles. The van der Waals surface area contributed by atoms with Crippen LogP contribution in [0.15, 0.2) is 64.8 Å². The average molecular weight is 371 g/mol. The summed E-state index contributed by atoms with van der Waals surface area (Å²) < 4.78 is 0.944. The summed E-state index contributed by atoms with van der Waals surface area (Å²) in [6, 6.07) is 8.76. The van der Waals surface area contributed by atoms with Gasteiger partial charge in [0, 0.05) is 27.4 Å². The van der Waals surface area contributed by atoms with E-state index in [4.69, 9.17) is 11.5 Å². The van der Waals surface area contributed by atoms with Crippen LogP contribution in [0.25, 0.3) is 11.3 Å². The van der Waals surface area contributed by atoms with Crippen molar-refractivity contribution in [3.8, 4) is 0 Å². The van der Waals surface area contributed by atoms with E-state index >= 15 is 0 Å². The molecule has 0 saturated carbocycles. The molecule has 1 aromatic carbocycles. The van der Waals surface area contributed by atoms with E-state index in [1.54, 1.807) is 12.3 Å². The minimum absolute atomic E-state index is 0.147. The molecule has 3 rings (SSSR count). The summed E-state index contributed by atoms with van der Waals surface area (Å²) in [7, 11) is 0. The maximum atomic E-state index is 10.6. The molecule has 0 saturated heterocycles. The van der Waals surface area contributed by atoms with Gasteiger partial charge in [0.1, 0.15) is 5.76 Å². The number of benzene rings is 1. The molecule has 0 spiro atoms. The zero-order valence-electron chi connectivity index (χ0n) is 12.1. The minimum atomic E-state index is -0.387. The van der Waals surface area contributed by atoms with E-state index in [9.17, 15) is 5.11 Å². The van der Waals surface area contributed by atoms with Crippen molar-refractivity contribution in [3.63, 3.8) is 0 Å². The number of anilines is 1. The van der Waals surface area contributed by atoms with Gasteiger partial charge in [0.05, 0.1) is 11.7 Å². The predicted molar refractivity (Wildman–Crippen MR) is 95.2 cm³/mol. The second-order valence-electron chi connectivity index (χ2n) is 5.10. The summed E-state index contributed by atoms with van der Waals surface area (Å²) in [6.45, 7) is 0. The number of nitrogens with zero attached hydrogens (tertiary/aromatic N) is 2. The van der Waals surface area contributed by atoms with Crippen LogP contribution in [-0.4, -0.2) is 21.1 Å². The van der Waals surface area contributed by atoms with Gasteiger partial charge in [-0.2, -0.15) is 0 Å². The molecule has 0 fully saturated rings. The number of hydrogen-bond donors (Lipinski definition) is 3. The van der Waals surface area contributed by atoms with Crippen molar-refractivity contribution in [1.82, 2.24) is 9.97 Å². The van der Waals surface area contributed by atoms with E-state index in [1.165, 1.54) is 0 Å². The highest BCUT2D eigenvalue weighted by Crippen LogP contribution is 2.28. The number of nitrogen functional groups attached to an aromatic ring is 1. The molecule has 2 aromatic rings. The summed E-state index contributed by atoms with van der Waals surface area (Å²) in [6.07, 6.45) is 7.10. The summed E-state index contributed by atoms with van der Waals surface area (Å²) in [5.41, 5.74) is 14.6. The molecule has 1 heterocycles. The van der Waals surface area contributed by atoms with Crippen molar-refractivity contribution in [2.75, 3.05) is 5.73 Å². The molecule has 0 bridgehead atoms. The molecule has 1 aliphatic carbocycles. The number of aliphatic hydroxyl groups is 1. The highest BCUT2D eigenvalue weighted by molar-refractivity contribution is 9.10. The highest BCUT2D eigenvalue weighted by atomic mass is 79.9. The molecule has 0 aliphatic heterocycles. The lowest BCUT2D eigenvalue weighted by molar-refractivity contribution is 0.505. The highest BCUT2D eigenvalue weighted by Gasteiger charge is 2.17. The lowest BCUT2D eigenvalue weighted by Crippen LogP contribution is -2.22. The van der Waals surface area contributed by atoms with Crippen LogP contribution in [0, 0.1) is 0 Å². The van der Waals surface area contributed by atoms with E-state index in [-0.39, 0.29) is 17.7 Å². The number of aromatic nitrogens is 2. The molecule has 5 nitrogen and oxygen atoms in total. The lowest BCUT2D eigenvalue weighted by atomic mass is 9.93. The van der Waals surface area contributed by atoms with Gasteiger partial charge in [0.25, 0.3) is 0 Å². The Labute approximate surface area is 142 Å². The first-order chi connectivity index (χ1) is 11.0. The molecule has 1 aliphatic rings. The fraction of sp³-hybridized carbons (Fsp3) is 0.0588. The fourth-order valence-corrected chi connectivity index (χ4v) is 2.58. The quantitative estimate of drug-likeness (QED) is 0.705. The molecule has 5 N–H and O–H groups in total. The Kier molecular flexibility index (Phi) is 4.27. The van der Waals surface area contributed by atoms with Gasteiger partial charge in [-0.1, -0.05) is 40.2 Å². The Morgan fingerprint density at radius 2 is 1.91 bits per heavy atom. The number of halogens is 1. The Morgan fingerprint density at radius 1 is 1.17 bits per heavy atom. The molecule has 0 amide bonds. The second kappa shape index (κ2) is 6.36. The summed E-state index contributed by atoms with van der Waals surface area (Å²) >= 11 is 3.38. The zero-order valence-corrected chi connectivity index (χ0v) is 13.7. The fourth-order valence-electron chi connectivity index (χ4n) is 2.32. The van der Waals surface area contributed by atoms with Gasteiger partial charge >= 0.3 is 0 Å². The maximum Gasteiger partial charge on any atom is 0.220 e. The normalized spacial score (nSPS) is 19.4. The van der Waals surface area contributed by atoms with Crippen molar-refractivity contribution in [2.24, 2.45) is 5.73 Å². The lowest BCUT2D eigenvalue weighted by Gasteiger charge is -2.18. The molecule has 23 heavy (non-hydrogen) atoms. The van der Waals surface area contributed by atoms with Crippen molar-refractivity contribution >= 4 is 33.2 Å². The van der Waals surface area contributed by atoms with Crippen LogP contribution in [0.5, 0.6) is 0 Å². The Hall–Kier alpha value is -2.44. The van der Waals surface area contributed by atoms with Crippen LogP contribution in [-0.2, 0) is 0 Å². The number of hydrogen-bond acceptors (Lipinski definition) is 5. The van der Waals surface area contributed by atoms with E-state index < -0.39 is 0 Å². The van der Waals surface area contributed by atoms with Gasteiger partial charge in [-0.3, -0.25) is 0 Å². The van der Waals surface area contributed by atoms with Gasteiger partial charge in [-0.15, -0.1) is 0 Å². The Balaban J connectivity index is 2.05. The van der Waals surface area contributed by atoms with Crippen LogP contribution >= 0.6 is 15.9 Å². The van der Waals surface area contributed by atoms with Crippen molar-refractivity contribution in [2.45, 2.75) is 6.04 Å². The first-order valence-corrected chi connectivity index (χ1v) is 7.77. The van der Waals surface area contributed by atoms with E-state index in [1.807, 2.05) is 42.5 Å². The number of allylic oxidation sites excluding steroid dienone is 2. The van der Waals surface area contributed by atoms with Gasteiger partial charge in [0.2, 0.25) is 5.95 Å². The monoisotopic (exact) mass is 370 g/mol. The third kappa shape index (κ3) is 3.33. The summed E-state index contributed by atoms with van der Waals surface area (Å²) in [5, 5.41) is 10.6. The van der Waals surface area contributed by atoms with Crippen molar-refractivity contribution < 1.29 is 5.11 Å². The largest absolute Gasteiger partial charge is 0.507 e. The van der Waals surface area contributed by atoms with Gasteiger partial charge in [-0.25, -0.2) is 9.97 Å². The van der Waals surface area contributed by atoms with Crippen molar-refractivity contribution in [3.05, 3.63) is 76.1 Å². The molecule has 116 valence electrons. The average Bonchev–Trinajstić information content (AvgIpc) is 2.55. The van der Waals surface area contributed by atoms with Crippen LogP contribution < -0.4 is 11.5 Å². The van der Waals surface area contributed by atoms with Gasteiger partial charge in [0.15, 0.2) is 0 Å². The smallest absolute Gasteiger partial charge is 0.220 e. The molecule has 0 radical (unpaired) electrons. The molecule has 6 heteroatoms. The third-order valence-corrected chi connectivity index (χ3v) is 4.04. The van der Waals surface area contributed by atoms with Crippen molar-refractivity contribution in [1.29, 1.82) is 0 Å². The molecule has 1 atom stereocenters. The minimum Gasteiger partial charge on any atom is -0.507 e. The maximum absolute atomic E-state index is 10.6. The predicted octanol–water partition coefficient (Wildman–Crippen LogP) is 3.07. The third-order valence-electron chi connectivity index (χ3n) is 3.51. The van der Waals surface area contributed by atoms with E-state index in [0.29, 0.717) is 16.8 Å². The van der Waals surface area contributed by atoms with Crippen LogP contribution in [0.1, 0.15) is 11.3 Å². The summed E-state index contributed by atoms with van der Waals surface area (Å²) in [4.78, 5) is 8.08. The Bertz CT molecular complexity index is 825. The zero-order chi connectivity index (χ0) is 16.4. The number of nitrogens with two attached hydrogens (primary N) is 2. The van der Waals surface area contributed by atoms with Gasteiger partial charge in [-0.05, 0) is 24.3 Å².